The maximum atomic E-state index is 11.7. The molecule has 0 aromatic carbocycles. The predicted octanol–water partition coefficient (Wildman–Crippen LogP) is 0.602. The molecule has 2 aromatic rings. The summed E-state index contributed by atoms with van der Waals surface area (Å²) in [5, 5.41) is 11.5. The number of rotatable bonds is 4. The van der Waals surface area contributed by atoms with Gasteiger partial charge in [0.1, 0.15) is 0 Å². The zero-order valence-electron chi connectivity index (χ0n) is 10.00. The number of hydrogen-bond acceptors (Lipinski definition) is 4. The van der Waals surface area contributed by atoms with Gasteiger partial charge in [-0.05, 0) is 35.4 Å². The van der Waals surface area contributed by atoms with Gasteiger partial charge in [0.05, 0.1) is 6.54 Å². The Kier molecular flexibility index (Phi) is 3.32. The zero-order valence-corrected chi connectivity index (χ0v) is 10.00. The molecule has 2 heterocycles. The normalized spacial score (nSPS) is 10.7. The molecule has 17 heavy (non-hydrogen) atoms. The van der Waals surface area contributed by atoms with Crippen LogP contribution in [0.5, 0.6) is 0 Å². The molecule has 0 N–H and O–H groups in total. The monoisotopic (exact) mass is 233 g/mol. The zero-order chi connectivity index (χ0) is 12.3. The van der Waals surface area contributed by atoms with Gasteiger partial charge in [-0.3, -0.25) is 4.79 Å². The fourth-order valence-electron chi connectivity index (χ4n) is 1.61. The van der Waals surface area contributed by atoms with E-state index in [9.17, 15) is 4.79 Å². The maximum absolute atomic E-state index is 11.7. The predicted molar refractivity (Wildman–Crippen MR) is 62.6 cm³/mol. The Hall–Kier alpha value is -1.98. The first-order valence-corrected chi connectivity index (χ1v) is 5.63. The van der Waals surface area contributed by atoms with Crippen LogP contribution in [0.3, 0.4) is 0 Å². The minimum absolute atomic E-state index is 0.0314. The molecule has 0 spiro atoms. The highest BCUT2D eigenvalue weighted by atomic mass is 16.1. The summed E-state index contributed by atoms with van der Waals surface area (Å²) in [6.07, 6.45) is 2.73. The molecule has 0 saturated carbocycles. The summed E-state index contributed by atoms with van der Waals surface area (Å²) in [5.74, 6) is 0.706. The first-order chi connectivity index (χ1) is 8.20. The molecule has 90 valence electrons. The molecule has 2 rings (SSSR count). The Morgan fingerprint density at radius 1 is 1.41 bits per heavy atom. The highest BCUT2D eigenvalue weighted by molar-refractivity contribution is 5.08. The van der Waals surface area contributed by atoms with Crippen LogP contribution in [0.2, 0.25) is 0 Å². The molecule has 0 radical (unpaired) electrons. The van der Waals surface area contributed by atoms with Crippen LogP contribution in [0.15, 0.2) is 23.1 Å². The molecule has 0 aliphatic carbocycles. The third-order valence-corrected chi connectivity index (χ3v) is 2.50. The van der Waals surface area contributed by atoms with Crippen molar-refractivity contribution in [1.29, 1.82) is 0 Å². The van der Waals surface area contributed by atoms with E-state index in [1.54, 1.807) is 21.5 Å². The molecular weight excluding hydrogens is 218 g/mol. The molecule has 0 saturated heterocycles. The van der Waals surface area contributed by atoms with Crippen molar-refractivity contribution in [2.75, 3.05) is 0 Å². The van der Waals surface area contributed by atoms with E-state index in [4.69, 9.17) is 0 Å². The van der Waals surface area contributed by atoms with Crippen LogP contribution in [-0.4, -0.2) is 24.8 Å². The van der Waals surface area contributed by atoms with Gasteiger partial charge in [0, 0.05) is 18.8 Å². The highest BCUT2D eigenvalue weighted by Crippen LogP contribution is 1.98. The van der Waals surface area contributed by atoms with Crippen LogP contribution >= 0.6 is 0 Å². The molecule has 0 amide bonds. The van der Waals surface area contributed by atoms with E-state index in [1.807, 2.05) is 13.0 Å². The second-order valence-electron chi connectivity index (χ2n) is 3.99. The van der Waals surface area contributed by atoms with Crippen molar-refractivity contribution >= 4 is 0 Å². The van der Waals surface area contributed by atoms with E-state index in [-0.39, 0.29) is 5.56 Å². The summed E-state index contributed by atoms with van der Waals surface area (Å²) in [4.78, 5) is 11.7. The Morgan fingerprint density at radius 3 is 2.94 bits per heavy atom. The van der Waals surface area contributed by atoms with Gasteiger partial charge in [-0.2, -0.15) is 0 Å². The number of pyridine rings is 1. The number of hydrogen-bond donors (Lipinski definition) is 0. The van der Waals surface area contributed by atoms with Gasteiger partial charge in [-0.15, -0.1) is 5.10 Å². The second-order valence-corrected chi connectivity index (χ2v) is 3.99. The quantitative estimate of drug-likeness (QED) is 0.775. The highest BCUT2D eigenvalue weighted by Gasteiger charge is 2.06. The summed E-state index contributed by atoms with van der Waals surface area (Å²) in [6.45, 7) is 5.13. The molecule has 0 unspecified atom stereocenters. The van der Waals surface area contributed by atoms with E-state index in [2.05, 4.69) is 22.4 Å². The maximum Gasteiger partial charge on any atom is 0.251 e. The summed E-state index contributed by atoms with van der Waals surface area (Å²) in [6, 6.07) is 3.50. The third-order valence-electron chi connectivity index (χ3n) is 2.50. The Labute approximate surface area is 98.9 Å². The van der Waals surface area contributed by atoms with Crippen LogP contribution in [0.25, 0.3) is 0 Å². The van der Waals surface area contributed by atoms with Crippen LogP contribution in [0, 0.1) is 6.92 Å². The van der Waals surface area contributed by atoms with Crippen molar-refractivity contribution < 1.29 is 0 Å². The average Bonchev–Trinajstić information content (AvgIpc) is 2.71. The van der Waals surface area contributed by atoms with Crippen LogP contribution < -0.4 is 5.56 Å². The van der Waals surface area contributed by atoms with Crippen molar-refractivity contribution in [2.24, 2.45) is 0 Å². The van der Waals surface area contributed by atoms with Gasteiger partial charge in [-0.25, -0.2) is 4.68 Å². The molecule has 0 fully saturated rings. The lowest BCUT2D eigenvalue weighted by molar-refractivity contribution is 0.540. The van der Waals surface area contributed by atoms with Gasteiger partial charge in [-0.1, -0.05) is 6.92 Å². The average molecular weight is 233 g/mol. The lowest BCUT2D eigenvalue weighted by Gasteiger charge is -2.05. The van der Waals surface area contributed by atoms with E-state index in [1.165, 1.54) is 0 Å². The fourth-order valence-corrected chi connectivity index (χ4v) is 1.61. The Balaban J connectivity index is 2.25. The number of aromatic nitrogens is 5. The van der Waals surface area contributed by atoms with E-state index in [0.29, 0.717) is 12.4 Å². The van der Waals surface area contributed by atoms with Gasteiger partial charge in [0.25, 0.3) is 5.56 Å². The molecule has 0 atom stereocenters. The minimum Gasteiger partial charge on any atom is -0.308 e. The molecule has 0 bridgehead atoms. The summed E-state index contributed by atoms with van der Waals surface area (Å²) in [7, 11) is 0. The van der Waals surface area contributed by atoms with Crippen LogP contribution in [0.4, 0.5) is 0 Å². The first-order valence-electron chi connectivity index (χ1n) is 5.63. The summed E-state index contributed by atoms with van der Waals surface area (Å²) in [5.41, 5.74) is 0.926. The molecule has 0 aliphatic heterocycles. The third kappa shape index (κ3) is 2.58. The summed E-state index contributed by atoms with van der Waals surface area (Å²) < 4.78 is 3.33. The van der Waals surface area contributed by atoms with Crippen LogP contribution in [-0.2, 0) is 13.1 Å². The minimum atomic E-state index is -0.0314. The van der Waals surface area contributed by atoms with Gasteiger partial charge in [0.2, 0.25) is 0 Å². The molecule has 2 aromatic heterocycles. The van der Waals surface area contributed by atoms with Crippen molar-refractivity contribution in [3.63, 3.8) is 0 Å². The molecule has 6 heteroatoms. The smallest absolute Gasteiger partial charge is 0.251 e. The molecular formula is C11H15N5O. The standard InChI is InChI=1S/C11H15N5O/c1-3-5-16-10(12-13-14-16)8-15-6-4-9(2)7-11(15)17/h4,6-7H,3,5,8H2,1-2H3. The lowest BCUT2D eigenvalue weighted by atomic mass is 10.3. The Morgan fingerprint density at radius 2 is 2.24 bits per heavy atom. The number of tetrazole rings is 1. The van der Waals surface area contributed by atoms with E-state index in [0.717, 1.165) is 18.5 Å². The van der Waals surface area contributed by atoms with Crippen molar-refractivity contribution in [3.05, 3.63) is 40.1 Å². The van der Waals surface area contributed by atoms with Crippen molar-refractivity contribution in [3.8, 4) is 0 Å². The SMILES string of the molecule is CCCn1nnnc1Cn1ccc(C)cc1=O. The fraction of sp³-hybridized carbons (Fsp3) is 0.455. The van der Waals surface area contributed by atoms with Gasteiger partial charge in [0.15, 0.2) is 5.82 Å². The van der Waals surface area contributed by atoms with Crippen molar-refractivity contribution in [2.45, 2.75) is 33.4 Å². The van der Waals surface area contributed by atoms with Gasteiger partial charge >= 0.3 is 0 Å². The van der Waals surface area contributed by atoms with Gasteiger partial charge < -0.3 is 4.57 Å². The topological polar surface area (TPSA) is 65.6 Å². The lowest BCUT2D eigenvalue weighted by Crippen LogP contribution is -2.21. The molecule has 0 aliphatic rings. The van der Waals surface area contributed by atoms with E-state index >= 15 is 0 Å². The number of aryl methyl sites for hydroxylation is 2. The largest absolute Gasteiger partial charge is 0.308 e. The summed E-state index contributed by atoms with van der Waals surface area (Å²) >= 11 is 0. The number of nitrogens with zero attached hydrogens (tertiary/aromatic N) is 5. The van der Waals surface area contributed by atoms with Crippen molar-refractivity contribution in [1.82, 2.24) is 24.8 Å². The Bertz CT molecular complexity index is 557. The van der Waals surface area contributed by atoms with E-state index < -0.39 is 0 Å². The molecule has 6 nitrogen and oxygen atoms in total. The first kappa shape index (κ1) is 11.5. The van der Waals surface area contributed by atoms with Crippen LogP contribution in [0.1, 0.15) is 24.7 Å². The second kappa shape index (κ2) is 4.90.